The highest BCUT2D eigenvalue weighted by molar-refractivity contribution is 9.09. The summed E-state index contributed by atoms with van der Waals surface area (Å²) in [6.07, 6.45) is 3.44. The normalized spacial score (nSPS) is 21.1. The van der Waals surface area contributed by atoms with Gasteiger partial charge in [0.15, 0.2) is 0 Å². The average molecular weight is 351 g/mol. The first-order valence-corrected chi connectivity index (χ1v) is 8.36. The summed E-state index contributed by atoms with van der Waals surface area (Å²) in [5, 5.41) is 0.713. The van der Waals surface area contributed by atoms with Crippen LogP contribution in [0.25, 0.3) is 0 Å². The first-order valence-electron chi connectivity index (χ1n) is 7.23. The second-order valence-corrected chi connectivity index (χ2v) is 6.36. The van der Waals surface area contributed by atoms with Crippen LogP contribution >= 0.6 is 15.9 Å². The third-order valence-corrected chi connectivity index (χ3v) is 5.60. The van der Waals surface area contributed by atoms with Crippen LogP contribution in [0.1, 0.15) is 29.5 Å². The molecule has 0 aromatic heterocycles. The molecule has 1 aliphatic carbocycles. The van der Waals surface area contributed by atoms with Crippen molar-refractivity contribution >= 4 is 15.9 Å². The Kier molecular flexibility index (Phi) is 4.12. The second kappa shape index (κ2) is 5.88. The van der Waals surface area contributed by atoms with Crippen LogP contribution in [-0.2, 0) is 18.3 Å². The van der Waals surface area contributed by atoms with Gasteiger partial charge in [0.05, 0.1) is 0 Å². The van der Waals surface area contributed by atoms with Gasteiger partial charge in [0.1, 0.15) is 11.6 Å². The fourth-order valence-electron chi connectivity index (χ4n) is 3.42. The number of halogens is 3. The Labute approximate surface area is 132 Å². The monoisotopic (exact) mass is 350 g/mol. The number of hydrogen-bond acceptors (Lipinski definition) is 0. The first-order chi connectivity index (χ1) is 10.2. The lowest BCUT2D eigenvalue weighted by Gasteiger charge is -2.38. The van der Waals surface area contributed by atoms with E-state index in [1.165, 1.54) is 29.3 Å². The third kappa shape index (κ3) is 2.64. The van der Waals surface area contributed by atoms with Crippen LogP contribution in [0.5, 0.6) is 0 Å². The molecule has 1 aliphatic rings. The quantitative estimate of drug-likeness (QED) is 0.669. The Morgan fingerprint density at radius 3 is 2.43 bits per heavy atom. The fourth-order valence-corrected chi connectivity index (χ4v) is 4.20. The Morgan fingerprint density at radius 2 is 1.71 bits per heavy atom. The number of hydrogen-bond donors (Lipinski definition) is 0. The molecular formula is C18H17BrF2. The van der Waals surface area contributed by atoms with Gasteiger partial charge in [0, 0.05) is 16.3 Å². The minimum Gasteiger partial charge on any atom is -0.207 e. The van der Waals surface area contributed by atoms with Gasteiger partial charge in [-0.25, -0.2) is 8.78 Å². The van der Waals surface area contributed by atoms with Crippen molar-refractivity contribution in [2.24, 2.45) is 0 Å². The highest BCUT2D eigenvalue weighted by Crippen LogP contribution is 2.42. The molecule has 0 saturated heterocycles. The molecule has 1 atom stereocenters. The molecule has 0 saturated carbocycles. The zero-order valence-electron chi connectivity index (χ0n) is 11.7. The molecule has 0 aliphatic heterocycles. The van der Waals surface area contributed by atoms with Crippen LogP contribution in [0.2, 0.25) is 0 Å². The van der Waals surface area contributed by atoms with E-state index in [9.17, 15) is 8.78 Å². The Bertz CT molecular complexity index is 633. The lowest BCUT2D eigenvalue weighted by atomic mass is 9.68. The van der Waals surface area contributed by atoms with Crippen molar-refractivity contribution in [3.8, 4) is 0 Å². The van der Waals surface area contributed by atoms with Gasteiger partial charge in [-0.05, 0) is 48.9 Å². The van der Waals surface area contributed by atoms with Gasteiger partial charge in [-0.15, -0.1) is 0 Å². The van der Waals surface area contributed by atoms with Gasteiger partial charge >= 0.3 is 0 Å². The average Bonchev–Trinajstić information content (AvgIpc) is 2.51. The lowest BCUT2D eigenvalue weighted by Crippen LogP contribution is -2.35. The van der Waals surface area contributed by atoms with E-state index >= 15 is 0 Å². The van der Waals surface area contributed by atoms with Crippen molar-refractivity contribution in [3.05, 3.63) is 70.8 Å². The van der Waals surface area contributed by atoms with E-state index in [0.29, 0.717) is 11.8 Å². The standard InChI is InChI=1S/C18H17BrF2/c19-12-18(11-14-16(20)8-3-9-17(14)21)10-4-6-13-5-1-2-7-15(13)18/h1-3,5,7-9H,4,6,10-12H2. The Morgan fingerprint density at radius 1 is 1.00 bits per heavy atom. The zero-order chi connectivity index (χ0) is 14.9. The van der Waals surface area contributed by atoms with Crippen molar-refractivity contribution in [1.82, 2.24) is 0 Å². The van der Waals surface area contributed by atoms with Crippen LogP contribution < -0.4 is 0 Å². The number of fused-ring (bicyclic) bond motifs is 1. The van der Waals surface area contributed by atoms with Crippen LogP contribution in [0, 0.1) is 11.6 Å². The van der Waals surface area contributed by atoms with E-state index in [1.54, 1.807) is 0 Å². The minimum absolute atomic E-state index is 0.202. The predicted molar refractivity (Wildman–Crippen MR) is 84.9 cm³/mol. The molecule has 2 aromatic carbocycles. The maximum absolute atomic E-state index is 14.0. The zero-order valence-corrected chi connectivity index (χ0v) is 13.3. The second-order valence-electron chi connectivity index (χ2n) is 5.80. The number of aryl methyl sites for hydroxylation is 1. The summed E-state index contributed by atoms with van der Waals surface area (Å²) in [5.41, 5.74) is 2.52. The van der Waals surface area contributed by atoms with Gasteiger partial charge in [-0.1, -0.05) is 46.3 Å². The van der Waals surface area contributed by atoms with Gasteiger partial charge in [-0.3, -0.25) is 0 Å². The van der Waals surface area contributed by atoms with E-state index in [-0.39, 0.29) is 11.0 Å². The summed E-state index contributed by atoms with van der Waals surface area (Å²) in [6, 6.07) is 12.4. The molecule has 0 spiro atoms. The molecule has 0 radical (unpaired) electrons. The van der Waals surface area contributed by atoms with Gasteiger partial charge in [0.2, 0.25) is 0 Å². The van der Waals surface area contributed by atoms with Crippen molar-refractivity contribution < 1.29 is 8.78 Å². The summed E-state index contributed by atoms with van der Waals surface area (Å²) in [7, 11) is 0. The molecule has 3 heteroatoms. The van der Waals surface area contributed by atoms with Gasteiger partial charge in [0.25, 0.3) is 0 Å². The SMILES string of the molecule is Fc1cccc(F)c1CC1(CBr)CCCc2ccccc21. The Balaban J connectivity index is 2.07. The predicted octanol–water partition coefficient (Wildman–Crippen LogP) is 5.18. The maximum Gasteiger partial charge on any atom is 0.129 e. The number of alkyl halides is 1. The lowest BCUT2D eigenvalue weighted by molar-refractivity contribution is 0.387. The number of benzene rings is 2. The molecule has 0 N–H and O–H groups in total. The van der Waals surface area contributed by atoms with E-state index < -0.39 is 11.6 Å². The van der Waals surface area contributed by atoms with E-state index in [1.807, 2.05) is 12.1 Å². The highest BCUT2D eigenvalue weighted by atomic mass is 79.9. The number of rotatable bonds is 3. The van der Waals surface area contributed by atoms with E-state index in [0.717, 1.165) is 19.3 Å². The molecule has 0 heterocycles. The van der Waals surface area contributed by atoms with Crippen LogP contribution in [0.15, 0.2) is 42.5 Å². The van der Waals surface area contributed by atoms with Crippen LogP contribution in [0.3, 0.4) is 0 Å². The van der Waals surface area contributed by atoms with Crippen LogP contribution in [-0.4, -0.2) is 5.33 Å². The Hall–Kier alpha value is -1.22. The van der Waals surface area contributed by atoms with E-state index in [4.69, 9.17) is 0 Å². The molecule has 0 nitrogen and oxygen atoms in total. The first kappa shape index (κ1) is 14.7. The fraction of sp³-hybridized carbons (Fsp3) is 0.333. The topological polar surface area (TPSA) is 0 Å². The molecule has 21 heavy (non-hydrogen) atoms. The van der Waals surface area contributed by atoms with Gasteiger partial charge < -0.3 is 0 Å². The van der Waals surface area contributed by atoms with Crippen LogP contribution in [0.4, 0.5) is 8.78 Å². The van der Waals surface area contributed by atoms with Crippen molar-refractivity contribution in [1.29, 1.82) is 0 Å². The molecule has 3 rings (SSSR count). The molecule has 2 aromatic rings. The summed E-state index contributed by atoms with van der Waals surface area (Å²) in [4.78, 5) is 0. The molecule has 0 fully saturated rings. The third-order valence-electron chi connectivity index (χ3n) is 4.52. The molecule has 1 unspecified atom stereocenters. The highest BCUT2D eigenvalue weighted by Gasteiger charge is 2.37. The van der Waals surface area contributed by atoms with E-state index in [2.05, 4.69) is 28.1 Å². The summed E-state index contributed by atoms with van der Waals surface area (Å²) >= 11 is 3.60. The summed E-state index contributed by atoms with van der Waals surface area (Å²) in [5.74, 6) is -0.892. The minimum atomic E-state index is -0.446. The summed E-state index contributed by atoms with van der Waals surface area (Å²) < 4.78 is 28.1. The molecule has 110 valence electrons. The molecular weight excluding hydrogens is 334 g/mol. The smallest absolute Gasteiger partial charge is 0.129 e. The van der Waals surface area contributed by atoms with Crippen molar-refractivity contribution in [2.45, 2.75) is 31.1 Å². The molecule has 0 bridgehead atoms. The van der Waals surface area contributed by atoms with Gasteiger partial charge in [-0.2, -0.15) is 0 Å². The molecule has 0 amide bonds. The van der Waals surface area contributed by atoms with Crippen molar-refractivity contribution in [3.63, 3.8) is 0 Å². The van der Waals surface area contributed by atoms with Crippen molar-refractivity contribution in [2.75, 3.05) is 5.33 Å². The maximum atomic E-state index is 14.0. The largest absolute Gasteiger partial charge is 0.207 e. The summed E-state index contributed by atoms with van der Waals surface area (Å²) in [6.45, 7) is 0.